The lowest BCUT2D eigenvalue weighted by atomic mass is 10.1. The molecule has 2 heterocycles. The highest BCUT2D eigenvalue weighted by Gasteiger charge is 2.28. The molecule has 1 aliphatic rings. The summed E-state index contributed by atoms with van der Waals surface area (Å²) in [5, 5.41) is 0. The molecule has 0 aromatic carbocycles. The van der Waals surface area contributed by atoms with Crippen molar-refractivity contribution in [3.63, 3.8) is 0 Å². The van der Waals surface area contributed by atoms with E-state index in [0.29, 0.717) is 12.0 Å². The molecule has 1 fully saturated rings. The predicted octanol–water partition coefficient (Wildman–Crippen LogP) is 1.22. The summed E-state index contributed by atoms with van der Waals surface area (Å²) in [4.78, 5) is 6.69. The Kier molecular flexibility index (Phi) is 3.59. The van der Waals surface area contributed by atoms with Crippen LogP contribution in [-0.2, 0) is 10.0 Å². The van der Waals surface area contributed by atoms with Crippen LogP contribution in [0.2, 0.25) is 0 Å². The molecular formula is C12H19N3O2S. The number of hydrogen-bond acceptors (Lipinski definition) is 4. The van der Waals surface area contributed by atoms with Gasteiger partial charge in [0.2, 0.25) is 10.0 Å². The van der Waals surface area contributed by atoms with E-state index in [9.17, 15) is 8.42 Å². The molecule has 1 aromatic heterocycles. The first kappa shape index (κ1) is 13.3. The molecule has 5 nitrogen and oxygen atoms in total. The standard InChI is InChI=1S/C12H19N3O2S/c1-9-6-7-15(10(9)2)12-5-4-11(8-14-12)18(16,17)13-3/h4-5,8-10,13H,6-7H2,1-3H3. The molecule has 1 saturated heterocycles. The number of aromatic nitrogens is 1. The van der Waals surface area contributed by atoms with Gasteiger partial charge in [0.1, 0.15) is 10.7 Å². The zero-order valence-corrected chi connectivity index (χ0v) is 11.7. The van der Waals surface area contributed by atoms with E-state index in [2.05, 4.69) is 28.5 Å². The second-order valence-electron chi connectivity index (χ2n) is 4.76. The third kappa shape index (κ3) is 2.35. The van der Waals surface area contributed by atoms with Crippen LogP contribution in [0, 0.1) is 5.92 Å². The molecule has 18 heavy (non-hydrogen) atoms. The van der Waals surface area contributed by atoms with Crippen LogP contribution in [-0.4, -0.2) is 33.0 Å². The Morgan fingerprint density at radius 1 is 1.39 bits per heavy atom. The molecule has 6 heteroatoms. The smallest absolute Gasteiger partial charge is 0.241 e. The topological polar surface area (TPSA) is 62.3 Å². The largest absolute Gasteiger partial charge is 0.354 e. The lowest BCUT2D eigenvalue weighted by molar-refractivity contribution is 0.544. The Morgan fingerprint density at radius 3 is 2.56 bits per heavy atom. The molecule has 0 aliphatic carbocycles. The van der Waals surface area contributed by atoms with Crippen LogP contribution in [0.5, 0.6) is 0 Å². The van der Waals surface area contributed by atoms with Crippen molar-refractivity contribution in [3.8, 4) is 0 Å². The van der Waals surface area contributed by atoms with E-state index < -0.39 is 10.0 Å². The van der Waals surface area contributed by atoms with Gasteiger partial charge in [-0.3, -0.25) is 0 Å². The predicted molar refractivity (Wildman–Crippen MR) is 71.1 cm³/mol. The fourth-order valence-corrected chi connectivity index (χ4v) is 2.91. The fourth-order valence-electron chi connectivity index (χ4n) is 2.24. The normalized spacial score (nSPS) is 24.5. The number of pyridine rings is 1. The van der Waals surface area contributed by atoms with Crippen molar-refractivity contribution in [1.82, 2.24) is 9.71 Å². The molecule has 100 valence electrons. The molecule has 2 rings (SSSR count). The van der Waals surface area contributed by atoms with Gasteiger partial charge in [0.25, 0.3) is 0 Å². The van der Waals surface area contributed by atoms with E-state index in [-0.39, 0.29) is 4.90 Å². The quantitative estimate of drug-likeness (QED) is 0.896. The van der Waals surface area contributed by atoms with Gasteiger partial charge in [0, 0.05) is 18.8 Å². The number of anilines is 1. The molecule has 0 radical (unpaired) electrons. The maximum atomic E-state index is 11.6. The molecule has 0 spiro atoms. The number of hydrogen-bond donors (Lipinski definition) is 1. The van der Waals surface area contributed by atoms with Gasteiger partial charge in [-0.05, 0) is 38.4 Å². The van der Waals surface area contributed by atoms with Gasteiger partial charge in [-0.2, -0.15) is 0 Å². The van der Waals surface area contributed by atoms with E-state index in [4.69, 9.17) is 0 Å². The zero-order chi connectivity index (χ0) is 13.3. The van der Waals surface area contributed by atoms with E-state index in [1.54, 1.807) is 12.1 Å². The van der Waals surface area contributed by atoms with Gasteiger partial charge in [-0.25, -0.2) is 18.1 Å². The van der Waals surface area contributed by atoms with E-state index >= 15 is 0 Å². The highest BCUT2D eigenvalue weighted by Crippen LogP contribution is 2.28. The Morgan fingerprint density at radius 2 is 2.11 bits per heavy atom. The minimum absolute atomic E-state index is 0.202. The van der Waals surface area contributed by atoms with E-state index in [1.807, 2.05) is 0 Å². The van der Waals surface area contributed by atoms with Crippen molar-refractivity contribution < 1.29 is 8.42 Å². The molecule has 1 aromatic rings. The fraction of sp³-hybridized carbons (Fsp3) is 0.583. The van der Waals surface area contributed by atoms with Crippen molar-refractivity contribution in [1.29, 1.82) is 0 Å². The average Bonchev–Trinajstić information content (AvgIpc) is 2.70. The number of nitrogens with zero attached hydrogens (tertiary/aromatic N) is 2. The molecule has 1 N–H and O–H groups in total. The zero-order valence-electron chi connectivity index (χ0n) is 10.9. The van der Waals surface area contributed by atoms with E-state index in [0.717, 1.165) is 18.8 Å². The number of nitrogens with one attached hydrogen (secondary N) is 1. The first-order valence-corrected chi connectivity index (χ1v) is 7.60. The molecular weight excluding hydrogens is 250 g/mol. The summed E-state index contributed by atoms with van der Waals surface area (Å²) in [6, 6.07) is 3.83. The van der Waals surface area contributed by atoms with Crippen LogP contribution in [0.4, 0.5) is 5.82 Å². The summed E-state index contributed by atoms with van der Waals surface area (Å²) in [6.07, 6.45) is 2.57. The first-order chi connectivity index (χ1) is 8.45. The van der Waals surface area contributed by atoms with Crippen LogP contribution in [0.1, 0.15) is 20.3 Å². The molecule has 0 amide bonds. The van der Waals surface area contributed by atoms with Gasteiger partial charge in [-0.15, -0.1) is 0 Å². The van der Waals surface area contributed by atoms with Crippen LogP contribution < -0.4 is 9.62 Å². The van der Waals surface area contributed by atoms with Crippen molar-refractivity contribution >= 4 is 15.8 Å². The molecule has 2 atom stereocenters. The third-order valence-corrected chi connectivity index (χ3v) is 5.13. The Labute approximate surface area is 108 Å². The van der Waals surface area contributed by atoms with Crippen molar-refractivity contribution in [2.24, 2.45) is 5.92 Å². The highest BCUT2D eigenvalue weighted by molar-refractivity contribution is 7.89. The second kappa shape index (κ2) is 4.85. The minimum atomic E-state index is -3.39. The van der Waals surface area contributed by atoms with Crippen LogP contribution in [0.25, 0.3) is 0 Å². The van der Waals surface area contributed by atoms with Crippen LogP contribution in [0.3, 0.4) is 0 Å². The summed E-state index contributed by atoms with van der Waals surface area (Å²) in [5.41, 5.74) is 0. The van der Waals surface area contributed by atoms with Crippen LogP contribution >= 0.6 is 0 Å². The van der Waals surface area contributed by atoms with Gasteiger partial charge in [0.15, 0.2) is 0 Å². The van der Waals surface area contributed by atoms with Gasteiger partial charge >= 0.3 is 0 Å². The SMILES string of the molecule is CNS(=O)(=O)c1ccc(N2CCC(C)C2C)nc1. The number of rotatable bonds is 3. The van der Waals surface area contributed by atoms with Gasteiger partial charge in [0.05, 0.1) is 0 Å². The molecule has 2 unspecified atom stereocenters. The molecule has 0 bridgehead atoms. The maximum Gasteiger partial charge on any atom is 0.241 e. The summed E-state index contributed by atoms with van der Waals surface area (Å²) in [5.74, 6) is 1.49. The average molecular weight is 269 g/mol. The Balaban J connectivity index is 2.24. The lowest BCUT2D eigenvalue weighted by Crippen LogP contribution is -2.29. The Bertz CT molecular complexity index is 513. The first-order valence-electron chi connectivity index (χ1n) is 6.12. The summed E-state index contributed by atoms with van der Waals surface area (Å²) in [7, 11) is -2.00. The van der Waals surface area contributed by atoms with E-state index in [1.165, 1.54) is 13.2 Å². The van der Waals surface area contributed by atoms with Crippen molar-refractivity contribution in [2.45, 2.75) is 31.2 Å². The molecule has 0 saturated carbocycles. The highest BCUT2D eigenvalue weighted by atomic mass is 32.2. The monoisotopic (exact) mass is 269 g/mol. The van der Waals surface area contributed by atoms with Gasteiger partial charge in [-0.1, -0.05) is 6.92 Å². The minimum Gasteiger partial charge on any atom is -0.354 e. The number of sulfonamides is 1. The lowest BCUT2D eigenvalue weighted by Gasteiger charge is -2.24. The van der Waals surface area contributed by atoms with Crippen LogP contribution in [0.15, 0.2) is 23.2 Å². The van der Waals surface area contributed by atoms with Crippen molar-refractivity contribution in [3.05, 3.63) is 18.3 Å². The van der Waals surface area contributed by atoms with Crippen molar-refractivity contribution in [2.75, 3.05) is 18.5 Å². The summed E-state index contributed by atoms with van der Waals surface area (Å²) < 4.78 is 25.5. The summed E-state index contributed by atoms with van der Waals surface area (Å²) in [6.45, 7) is 5.38. The molecule has 1 aliphatic heterocycles. The Hall–Kier alpha value is -1.14. The summed E-state index contributed by atoms with van der Waals surface area (Å²) >= 11 is 0. The third-order valence-electron chi connectivity index (χ3n) is 3.73. The maximum absolute atomic E-state index is 11.6. The van der Waals surface area contributed by atoms with Gasteiger partial charge < -0.3 is 4.90 Å². The second-order valence-corrected chi connectivity index (χ2v) is 6.65.